The summed E-state index contributed by atoms with van der Waals surface area (Å²) in [6.45, 7) is 7.49. The zero-order valence-electron chi connectivity index (χ0n) is 13.5. The fourth-order valence-electron chi connectivity index (χ4n) is 2.20. The predicted octanol–water partition coefficient (Wildman–Crippen LogP) is 3.44. The Morgan fingerprint density at radius 3 is 2.48 bits per heavy atom. The molecule has 21 heavy (non-hydrogen) atoms. The maximum atomic E-state index is 11.2. The van der Waals surface area contributed by atoms with Crippen LogP contribution in [-0.2, 0) is 16.0 Å². The number of hydrogen-bond donors (Lipinski definition) is 1. The van der Waals surface area contributed by atoms with Crippen LogP contribution in [-0.4, -0.2) is 31.1 Å². The van der Waals surface area contributed by atoms with Gasteiger partial charge in [-0.2, -0.15) is 0 Å². The second kappa shape index (κ2) is 9.85. The third kappa shape index (κ3) is 7.00. The van der Waals surface area contributed by atoms with Gasteiger partial charge in [0.25, 0.3) is 0 Å². The zero-order valence-corrected chi connectivity index (χ0v) is 14.3. The number of hydrogen-bond acceptors (Lipinski definition) is 4. The predicted molar refractivity (Wildman–Crippen MR) is 90.7 cm³/mol. The van der Waals surface area contributed by atoms with Gasteiger partial charge in [0.1, 0.15) is 0 Å². The van der Waals surface area contributed by atoms with Crippen LogP contribution in [0.1, 0.15) is 37.9 Å². The van der Waals surface area contributed by atoms with E-state index < -0.39 is 0 Å². The van der Waals surface area contributed by atoms with Crippen LogP contribution in [0.3, 0.4) is 0 Å². The smallest absolute Gasteiger partial charge is 0.315 e. The summed E-state index contributed by atoms with van der Waals surface area (Å²) in [4.78, 5) is 11.2. The summed E-state index contributed by atoms with van der Waals surface area (Å²) in [6, 6.07) is 9.10. The van der Waals surface area contributed by atoms with E-state index in [0.717, 1.165) is 18.7 Å². The van der Waals surface area contributed by atoms with Crippen LogP contribution < -0.4 is 5.32 Å². The van der Waals surface area contributed by atoms with Gasteiger partial charge in [-0.05, 0) is 30.0 Å². The molecule has 0 aromatic heterocycles. The Labute approximate surface area is 132 Å². The Kier molecular flexibility index (Phi) is 8.47. The molecule has 0 aliphatic carbocycles. The quantitative estimate of drug-likeness (QED) is 0.709. The van der Waals surface area contributed by atoms with E-state index in [9.17, 15) is 4.79 Å². The Morgan fingerprint density at radius 2 is 1.95 bits per heavy atom. The number of rotatable bonds is 9. The summed E-state index contributed by atoms with van der Waals surface area (Å²) in [5.74, 6) is 1.79. The van der Waals surface area contributed by atoms with Crippen molar-refractivity contribution in [1.82, 2.24) is 5.32 Å². The van der Waals surface area contributed by atoms with Crippen molar-refractivity contribution in [3.05, 3.63) is 35.4 Å². The van der Waals surface area contributed by atoms with Gasteiger partial charge in [0, 0.05) is 11.8 Å². The van der Waals surface area contributed by atoms with Crippen LogP contribution in [0.15, 0.2) is 24.3 Å². The minimum Gasteiger partial charge on any atom is -0.468 e. The summed E-state index contributed by atoms with van der Waals surface area (Å²) in [5, 5.41) is 3.48. The van der Waals surface area contributed by atoms with E-state index in [-0.39, 0.29) is 12.0 Å². The van der Waals surface area contributed by atoms with E-state index in [1.54, 1.807) is 11.8 Å². The average Bonchev–Trinajstić information content (AvgIpc) is 2.46. The summed E-state index contributed by atoms with van der Waals surface area (Å²) in [7, 11) is 1.43. The molecule has 1 atom stereocenters. The number of thioether (sulfide) groups is 1. The fourth-order valence-corrected chi connectivity index (χ4v) is 3.14. The van der Waals surface area contributed by atoms with Crippen molar-refractivity contribution in [2.24, 2.45) is 5.92 Å². The van der Waals surface area contributed by atoms with Gasteiger partial charge in [-0.25, -0.2) is 0 Å². The molecule has 0 amide bonds. The minimum atomic E-state index is -0.164. The largest absolute Gasteiger partial charge is 0.468 e. The molecule has 118 valence electrons. The number of nitrogens with one attached hydrogen (secondary N) is 1. The first kappa shape index (κ1) is 18.1. The lowest BCUT2D eigenvalue weighted by atomic mass is 10.00. The molecule has 0 radical (unpaired) electrons. The van der Waals surface area contributed by atoms with Crippen molar-refractivity contribution in [2.45, 2.75) is 33.2 Å². The SMILES string of the molecule is CCNC(CSCC(=O)OC)c1ccc(CC(C)C)cc1. The molecule has 0 heterocycles. The molecular weight excluding hydrogens is 282 g/mol. The van der Waals surface area contributed by atoms with Gasteiger partial charge < -0.3 is 10.1 Å². The van der Waals surface area contributed by atoms with Gasteiger partial charge in [0.05, 0.1) is 12.9 Å². The molecule has 0 saturated carbocycles. The Balaban J connectivity index is 2.60. The molecular formula is C17H27NO2S. The number of esters is 1. The van der Waals surface area contributed by atoms with Crippen molar-refractivity contribution < 1.29 is 9.53 Å². The van der Waals surface area contributed by atoms with Crippen LogP contribution in [0.2, 0.25) is 0 Å². The van der Waals surface area contributed by atoms with E-state index in [1.165, 1.54) is 18.2 Å². The van der Waals surface area contributed by atoms with Crippen LogP contribution >= 0.6 is 11.8 Å². The molecule has 3 nitrogen and oxygen atoms in total. The molecule has 0 bridgehead atoms. The molecule has 0 saturated heterocycles. The molecule has 1 aromatic rings. The van der Waals surface area contributed by atoms with Gasteiger partial charge in [-0.15, -0.1) is 11.8 Å². The molecule has 1 N–H and O–H groups in total. The number of carbonyl (C=O) groups is 1. The van der Waals surface area contributed by atoms with Gasteiger partial charge >= 0.3 is 5.97 Å². The average molecular weight is 309 g/mol. The monoisotopic (exact) mass is 309 g/mol. The Hall–Kier alpha value is -1.00. The molecule has 1 aromatic carbocycles. The first-order chi connectivity index (χ1) is 10.1. The lowest BCUT2D eigenvalue weighted by molar-refractivity contribution is -0.137. The van der Waals surface area contributed by atoms with E-state index in [4.69, 9.17) is 0 Å². The molecule has 1 unspecified atom stereocenters. The highest BCUT2D eigenvalue weighted by Gasteiger charge is 2.12. The van der Waals surface area contributed by atoms with Gasteiger partial charge in [0.15, 0.2) is 0 Å². The maximum absolute atomic E-state index is 11.2. The molecule has 1 rings (SSSR count). The van der Waals surface area contributed by atoms with Crippen molar-refractivity contribution in [3.63, 3.8) is 0 Å². The highest BCUT2D eigenvalue weighted by atomic mass is 32.2. The van der Waals surface area contributed by atoms with Crippen LogP contribution in [0.4, 0.5) is 0 Å². The van der Waals surface area contributed by atoms with E-state index >= 15 is 0 Å². The zero-order chi connectivity index (χ0) is 15.7. The third-order valence-corrected chi connectivity index (χ3v) is 4.22. The maximum Gasteiger partial charge on any atom is 0.315 e. The molecule has 4 heteroatoms. The highest BCUT2D eigenvalue weighted by Crippen LogP contribution is 2.20. The highest BCUT2D eigenvalue weighted by molar-refractivity contribution is 7.99. The van der Waals surface area contributed by atoms with Crippen LogP contribution in [0, 0.1) is 5.92 Å². The van der Waals surface area contributed by atoms with E-state index in [1.807, 2.05) is 0 Å². The lowest BCUT2D eigenvalue weighted by Gasteiger charge is -2.18. The van der Waals surface area contributed by atoms with Gasteiger partial charge in [0.2, 0.25) is 0 Å². The number of benzene rings is 1. The molecule has 0 aliphatic rings. The summed E-state index contributed by atoms with van der Waals surface area (Å²) in [6.07, 6.45) is 1.11. The van der Waals surface area contributed by atoms with E-state index in [0.29, 0.717) is 11.7 Å². The van der Waals surface area contributed by atoms with E-state index in [2.05, 4.69) is 55.1 Å². The van der Waals surface area contributed by atoms with Gasteiger partial charge in [-0.1, -0.05) is 45.0 Å². The van der Waals surface area contributed by atoms with Crippen molar-refractivity contribution in [1.29, 1.82) is 0 Å². The Bertz CT molecular complexity index is 417. The first-order valence-electron chi connectivity index (χ1n) is 7.53. The van der Waals surface area contributed by atoms with Crippen molar-refractivity contribution >= 4 is 17.7 Å². The summed E-state index contributed by atoms with van der Waals surface area (Å²) < 4.78 is 4.67. The number of methoxy groups -OCH3 is 1. The molecule has 0 spiro atoms. The normalized spacial score (nSPS) is 12.4. The summed E-state index contributed by atoms with van der Waals surface area (Å²) in [5.41, 5.74) is 2.66. The third-order valence-electron chi connectivity index (χ3n) is 3.21. The first-order valence-corrected chi connectivity index (χ1v) is 8.69. The minimum absolute atomic E-state index is 0.164. The molecule has 0 fully saturated rings. The van der Waals surface area contributed by atoms with Crippen LogP contribution in [0.5, 0.6) is 0 Å². The van der Waals surface area contributed by atoms with Crippen LogP contribution in [0.25, 0.3) is 0 Å². The second-order valence-electron chi connectivity index (χ2n) is 5.54. The fraction of sp³-hybridized carbons (Fsp3) is 0.588. The standard InChI is InChI=1S/C17H27NO2S/c1-5-18-16(11-21-12-17(19)20-4)15-8-6-14(7-9-15)10-13(2)3/h6-9,13,16,18H,5,10-12H2,1-4H3. The second-order valence-corrected chi connectivity index (χ2v) is 6.57. The van der Waals surface area contributed by atoms with Gasteiger partial charge in [-0.3, -0.25) is 4.79 Å². The number of carbonyl (C=O) groups excluding carboxylic acids is 1. The number of ether oxygens (including phenoxy) is 1. The summed E-state index contributed by atoms with van der Waals surface area (Å²) >= 11 is 1.61. The topological polar surface area (TPSA) is 38.3 Å². The Morgan fingerprint density at radius 1 is 1.29 bits per heavy atom. The lowest BCUT2D eigenvalue weighted by Crippen LogP contribution is -2.23. The van der Waals surface area contributed by atoms with Crippen molar-refractivity contribution in [3.8, 4) is 0 Å². The molecule has 0 aliphatic heterocycles. The van der Waals surface area contributed by atoms with Crippen molar-refractivity contribution in [2.75, 3.05) is 25.2 Å².